The van der Waals surface area contributed by atoms with Gasteiger partial charge in [0.15, 0.2) is 0 Å². The van der Waals surface area contributed by atoms with E-state index in [1.54, 1.807) is 0 Å². The second kappa shape index (κ2) is 5.11. The maximum absolute atomic E-state index is 10.6. The summed E-state index contributed by atoms with van der Waals surface area (Å²) in [5.41, 5.74) is 0.371. The molecule has 0 aromatic heterocycles. The van der Waals surface area contributed by atoms with E-state index in [0.29, 0.717) is 5.41 Å². The van der Waals surface area contributed by atoms with Gasteiger partial charge in [-0.05, 0) is 31.1 Å². The van der Waals surface area contributed by atoms with Gasteiger partial charge in [0.2, 0.25) is 0 Å². The molecule has 0 aliphatic heterocycles. The summed E-state index contributed by atoms with van der Waals surface area (Å²) in [5.74, 6) is 0. The van der Waals surface area contributed by atoms with Gasteiger partial charge in [0.25, 0.3) is 0 Å². The summed E-state index contributed by atoms with van der Waals surface area (Å²) < 4.78 is 21.1. The third kappa shape index (κ3) is 3.88. The summed E-state index contributed by atoms with van der Waals surface area (Å²) in [5, 5.41) is -0.0666. The van der Waals surface area contributed by atoms with Gasteiger partial charge in [0.05, 0.1) is 0 Å². The predicted octanol–water partition coefficient (Wildman–Crippen LogP) is -1.16. The van der Waals surface area contributed by atoms with Crippen molar-refractivity contribution in [2.45, 2.75) is 44.8 Å². The van der Waals surface area contributed by atoms with Gasteiger partial charge in [-0.2, -0.15) is 0 Å². The number of hydrogen-bond donors (Lipinski definition) is 0. The number of rotatable bonds is 1. The van der Waals surface area contributed by atoms with Gasteiger partial charge in [0.1, 0.15) is 0 Å². The van der Waals surface area contributed by atoms with E-state index < -0.39 is 11.1 Å². The second-order valence-electron chi connectivity index (χ2n) is 4.12. The Kier molecular flexibility index (Phi) is 5.58. The molecule has 0 amide bonds. The molecule has 1 saturated carbocycles. The van der Waals surface area contributed by atoms with Gasteiger partial charge < -0.3 is 4.55 Å². The molecule has 66 valence electrons. The fourth-order valence-corrected chi connectivity index (χ4v) is 2.19. The van der Waals surface area contributed by atoms with Crippen molar-refractivity contribution >= 4 is 11.1 Å². The SMILES string of the molecule is CC1(C)CCC(S(=O)[O-])CC1.[Na+]. The molecular weight excluding hydrogens is 183 g/mol. The Balaban J connectivity index is 0.00000121. The van der Waals surface area contributed by atoms with Crippen LogP contribution in [0.2, 0.25) is 0 Å². The third-order valence-corrected chi connectivity index (χ3v) is 3.57. The minimum atomic E-state index is -1.84. The average Bonchev–Trinajstić information content (AvgIpc) is 1.86. The predicted molar refractivity (Wildman–Crippen MR) is 45.0 cm³/mol. The van der Waals surface area contributed by atoms with E-state index in [9.17, 15) is 8.76 Å². The molecule has 1 aliphatic rings. The van der Waals surface area contributed by atoms with Crippen molar-refractivity contribution in [3.8, 4) is 0 Å². The van der Waals surface area contributed by atoms with Crippen molar-refractivity contribution in [2.75, 3.05) is 0 Å². The van der Waals surface area contributed by atoms with Crippen LogP contribution in [0.3, 0.4) is 0 Å². The van der Waals surface area contributed by atoms with E-state index >= 15 is 0 Å². The average molecular weight is 198 g/mol. The van der Waals surface area contributed by atoms with Crippen LogP contribution in [0.25, 0.3) is 0 Å². The molecule has 0 bridgehead atoms. The molecule has 0 heterocycles. The van der Waals surface area contributed by atoms with E-state index in [4.69, 9.17) is 0 Å². The molecule has 12 heavy (non-hydrogen) atoms. The first kappa shape index (κ1) is 13.1. The first-order valence-electron chi connectivity index (χ1n) is 4.09. The Bertz CT molecular complexity index is 160. The maximum atomic E-state index is 10.6. The van der Waals surface area contributed by atoms with Crippen molar-refractivity contribution in [2.24, 2.45) is 5.41 Å². The third-order valence-electron chi connectivity index (χ3n) is 2.56. The zero-order valence-corrected chi connectivity index (χ0v) is 10.9. The zero-order valence-electron chi connectivity index (χ0n) is 8.13. The van der Waals surface area contributed by atoms with Crippen LogP contribution in [0.4, 0.5) is 0 Å². The molecule has 0 aromatic carbocycles. The largest absolute Gasteiger partial charge is 1.00 e. The quantitative estimate of drug-likeness (QED) is 0.394. The molecule has 0 radical (unpaired) electrons. The smallest absolute Gasteiger partial charge is 0.772 e. The fraction of sp³-hybridized carbons (Fsp3) is 1.00. The molecule has 1 aliphatic carbocycles. The number of hydrogen-bond acceptors (Lipinski definition) is 2. The molecule has 2 nitrogen and oxygen atoms in total. The van der Waals surface area contributed by atoms with Crippen molar-refractivity contribution < 1.29 is 38.3 Å². The summed E-state index contributed by atoms with van der Waals surface area (Å²) in [6, 6.07) is 0. The summed E-state index contributed by atoms with van der Waals surface area (Å²) in [6.45, 7) is 4.41. The molecule has 4 heteroatoms. The van der Waals surface area contributed by atoms with Crippen LogP contribution in [0.1, 0.15) is 39.5 Å². The van der Waals surface area contributed by atoms with Crippen molar-refractivity contribution in [1.82, 2.24) is 0 Å². The topological polar surface area (TPSA) is 40.1 Å². The Morgan fingerprint density at radius 1 is 1.33 bits per heavy atom. The van der Waals surface area contributed by atoms with Crippen LogP contribution in [0.5, 0.6) is 0 Å². The second-order valence-corrected chi connectivity index (χ2v) is 5.31. The molecule has 0 aromatic rings. The molecule has 0 saturated heterocycles. The van der Waals surface area contributed by atoms with E-state index in [0.717, 1.165) is 25.7 Å². The monoisotopic (exact) mass is 198 g/mol. The zero-order chi connectivity index (χ0) is 8.48. The van der Waals surface area contributed by atoms with Crippen molar-refractivity contribution in [3.63, 3.8) is 0 Å². The molecule has 1 atom stereocenters. The van der Waals surface area contributed by atoms with Crippen LogP contribution >= 0.6 is 0 Å². The molecule has 0 N–H and O–H groups in total. The summed E-state index contributed by atoms with van der Waals surface area (Å²) in [4.78, 5) is 0. The Morgan fingerprint density at radius 2 is 1.75 bits per heavy atom. The molecule has 1 rings (SSSR count). The summed E-state index contributed by atoms with van der Waals surface area (Å²) in [7, 11) is 0. The van der Waals surface area contributed by atoms with E-state index in [-0.39, 0.29) is 34.8 Å². The van der Waals surface area contributed by atoms with Gasteiger partial charge in [-0.1, -0.05) is 24.9 Å². The van der Waals surface area contributed by atoms with Crippen LogP contribution in [0.15, 0.2) is 0 Å². The van der Waals surface area contributed by atoms with Crippen molar-refractivity contribution in [3.05, 3.63) is 0 Å². The normalized spacial score (nSPS) is 25.9. The van der Waals surface area contributed by atoms with Crippen molar-refractivity contribution in [1.29, 1.82) is 0 Å². The first-order chi connectivity index (χ1) is 5.01. The molecular formula is C8H15NaO2S. The van der Waals surface area contributed by atoms with Gasteiger partial charge in [-0.15, -0.1) is 0 Å². The van der Waals surface area contributed by atoms with E-state index in [1.165, 1.54) is 0 Å². The minimum absolute atomic E-state index is 0. The molecule has 0 spiro atoms. The van der Waals surface area contributed by atoms with Gasteiger partial charge in [-0.25, -0.2) is 0 Å². The fourth-order valence-electron chi connectivity index (χ4n) is 1.57. The van der Waals surface area contributed by atoms with Crippen LogP contribution in [0, 0.1) is 5.41 Å². The first-order valence-corrected chi connectivity index (χ1v) is 5.23. The van der Waals surface area contributed by atoms with Crippen LogP contribution < -0.4 is 29.6 Å². The molecule has 1 fully saturated rings. The maximum Gasteiger partial charge on any atom is 1.00 e. The van der Waals surface area contributed by atoms with Gasteiger partial charge in [-0.3, -0.25) is 4.21 Å². The standard InChI is InChI=1S/C8H16O2S.Na/c1-8(2)5-3-7(4-6-8)11(9)10;/h7H,3-6H2,1-2H3,(H,9,10);/q;+1/p-1. The van der Waals surface area contributed by atoms with Crippen LogP contribution in [-0.4, -0.2) is 14.0 Å². The van der Waals surface area contributed by atoms with Gasteiger partial charge in [0, 0.05) is 5.25 Å². The summed E-state index contributed by atoms with van der Waals surface area (Å²) in [6.07, 6.45) is 3.80. The Hall–Kier alpha value is 1.11. The Labute approximate surface area is 99.1 Å². The van der Waals surface area contributed by atoms with E-state index in [2.05, 4.69) is 13.8 Å². The van der Waals surface area contributed by atoms with E-state index in [1.807, 2.05) is 0 Å². The summed E-state index contributed by atoms with van der Waals surface area (Å²) >= 11 is -1.84. The minimum Gasteiger partial charge on any atom is -0.772 e. The van der Waals surface area contributed by atoms with Gasteiger partial charge >= 0.3 is 29.6 Å². The van der Waals surface area contributed by atoms with Crippen LogP contribution in [-0.2, 0) is 11.1 Å². The molecule has 1 unspecified atom stereocenters. The Morgan fingerprint density at radius 3 is 2.08 bits per heavy atom.